The maximum absolute atomic E-state index is 12.3. The van der Waals surface area contributed by atoms with Gasteiger partial charge in [0.05, 0.1) is 6.61 Å². The summed E-state index contributed by atoms with van der Waals surface area (Å²) in [6.45, 7) is -0.166. The van der Waals surface area contributed by atoms with Crippen molar-refractivity contribution in [3.63, 3.8) is 0 Å². The highest BCUT2D eigenvalue weighted by molar-refractivity contribution is 6.02. The van der Waals surface area contributed by atoms with Gasteiger partial charge in [-0.05, 0) is 42.0 Å². The molecule has 1 aliphatic carbocycles. The van der Waals surface area contributed by atoms with Crippen molar-refractivity contribution in [2.45, 2.75) is 38.7 Å². The fourth-order valence-corrected chi connectivity index (χ4v) is 3.18. The predicted molar refractivity (Wildman–Crippen MR) is 88.7 cm³/mol. The standard InChI is InChI=1S/C20H20O3/c21-13-17-4-1-2-7-18(17)20(23)11-10-19(22)16-9-8-14-5-3-6-15(14)12-16/h1-2,4,7-9,12,21H,3,5-6,10-11,13H2. The lowest BCUT2D eigenvalue weighted by atomic mass is 9.97. The van der Waals surface area contributed by atoms with Crippen LogP contribution in [0.3, 0.4) is 0 Å². The fourth-order valence-electron chi connectivity index (χ4n) is 3.18. The highest BCUT2D eigenvalue weighted by Crippen LogP contribution is 2.23. The number of rotatable bonds is 6. The van der Waals surface area contributed by atoms with Gasteiger partial charge in [0.25, 0.3) is 0 Å². The Balaban J connectivity index is 1.66. The average Bonchev–Trinajstić information content (AvgIpc) is 3.06. The zero-order valence-corrected chi connectivity index (χ0v) is 13.0. The van der Waals surface area contributed by atoms with E-state index in [1.165, 1.54) is 11.1 Å². The lowest BCUT2D eigenvalue weighted by Crippen LogP contribution is -2.08. The van der Waals surface area contributed by atoms with E-state index in [2.05, 4.69) is 0 Å². The molecule has 0 saturated heterocycles. The minimum absolute atomic E-state index is 0.00882. The van der Waals surface area contributed by atoms with Gasteiger partial charge >= 0.3 is 0 Å². The SMILES string of the molecule is O=C(CCC(=O)c1ccccc1CO)c1ccc2c(c1)CCC2. The molecule has 0 saturated carbocycles. The van der Waals surface area contributed by atoms with Crippen molar-refractivity contribution in [1.82, 2.24) is 0 Å². The van der Waals surface area contributed by atoms with Crippen molar-refractivity contribution in [3.05, 3.63) is 70.3 Å². The zero-order valence-electron chi connectivity index (χ0n) is 13.0. The van der Waals surface area contributed by atoms with Gasteiger partial charge in [0.15, 0.2) is 11.6 Å². The molecule has 0 aliphatic heterocycles. The van der Waals surface area contributed by atoms with Crippen molar-refractivity contribution in [1.29, 1.82) is 0 Å². The molecule has 0 amide bonds. The second-order valence-electron chi connectivity index (χ2n) is 6.00. The highest BCUT2D eigenvalue weighted by atomic mass is 16.3. The van der Waals surface area contributed by atoms with Crippen LogP contribution in [-0.4, -0.2) is 16.7 Å². The molecule has 0 unspecified atom stereocenters. The van der Waals surface area contributed by atoms with Crippen LogP contribution < -0.4 is 0 Å². The van der Waals surface area contributed by atoms with E-state index in [0.717, 1.165) is 19.3 Å². The molecule has 3 nitrogen and oxygen atoms in total. The minimum atomic E-state index is -0.166. The van der Waals surface area contributed by atoms with Crippen LogP contribution in [0.15, 0.2) is 42.5 Å². The van der Waals surface area contributed by atoms with Crippen molar-refractivity contribution in [3.8, 4) is 0 Å². The maximum Gasteiger partial charge on any atom is 0.163 e. The third-order valence-corrected chi connectivity index (χ3v) is 4.49. The number of fused-ring (bicyclic) bond motifs is 1. The second kappa shape index (κ2) is 6.88. The van der Waals surface area contributed by atoms with E-state index in [-0.39, 0.29) is 31.0 Å². The number of aliphatic hydroxyl groups is 1. The number of aryl methyl sites for hydroxylation is 2. The van der Waals surface area contributed by atoms with Gasteiger partial charge in [-0.15, -0.1) is 0 Å². The first-order chi connectivity index (χ1) is 11.2. The molecule has 2 aromatic carbocycles. The number of ketones is 2. The van der Waals surface area contributed by atoms with E-state index < -0.39 is 0 Å². The molecule has 1 aliphatic rings. The van der Waals surface area contributed by atoms with Crippen LogP contribution in [0.25, 0.3) is 0 Å². The lowest BCUT2D eigenvalue weighted by Gasteiger charge is -2.07. The number of carbonyl (C=O) groups excluding carboxylic acids is 2. The van der Waals surface area contributed by atoms with E-state index in [9.17, 15) is 14.7 Å². The van der Waals surface area contributed by atoms with Crippen LogP contribution in [0.1, 0.15) is 56.7 Å². The summed E-state index contributed by atoms with van der Waals surface area (Å²) in [6, 6.07) is 12.9. The monoisotopic (exact) mass is 308 g/mol. The Morgan fingerprint density at radius 2 is 1.65 bits per heavy atom. The van der Waals surface area contributed by atoms with Crippen molar-refractivity contribution in [2.24, 2.45) is 0 Å². The normalized spacial score (nSPS) is 12.9. The number of carbonyl (C=O) groups is 2. The Labute approximate surface area is 136 Å². The average molecular weight is 308 g/mol. The second-order valence-corrected chi connectivity index (χ2v) is 6.00. The summed E-state index contributed by atoms with van der Waals surface area (Å²) in [4.78, 5) is 24.6. The van der Waals surface area contributed by atoms with E-state index in [1.54, 1.807) is 24.3 Å². The van der Waals surface area contributed by atoms with Gasteiger partial charge in [-0.3, -0.25) is 9.59 Å². The molecule has 0 spiro atoms. The first kappa shape index (κ1) is 15.6. The molecule has 3 rings (SSSR count). The Morgan fingerprint density at radius 3 is 2.48 bits per heavy atom. The summed E-state index contributed by atoms with van der Waals surface area (Å²) in [5, 5.41) is 9.29. The number of hydrogen-bond donors (Lipinski definition) is 1. The Bertz CT molecular complexity index is 746. The van der Waals surface area contributed by atoms with Crippen LogP contribution in [0, 0.1) is 0 Å². The first-order valence-electron chi connectivity index (χ1n) is 8.06. The first-order valence-corrected chi connectivity index (χ1v) is 8.06. The molecule has 3 heteroatoms. The van der Waals surface area contributed by atoms with Gasteiger partial charge in [-0.25, -0.2) is 0 Å². The van der Waals surface area contributed by atoms with Gasteiger partial charge in [0, 0.05) is 24.0 Å². The number of benzene rings is 2. The largest absolute Gasteiger partial charge is 0.392 e. The van der Waals surface area contributed by atoms with Crippen LogP contribution in [0.4, 0.5) is 0 Å². The van der Waals surface area contributed by atoms with E-state index in [0.29, 0.717) is 16.7 Å². The molecule has 2 aromatic rings. The quantitative estimate of drug-likeness (QED) is 0.831. The van der Waals surface area contributed by atoms with Gasteiger partial charge in [-0.2, -0.15) is 0 Å². The molecule has 1 N–H and O–H groups in total. The maximum atomic E-state index is 12.3. The summed E-state index contributed by atoms with van der Waals surface area (Å²) in [5.41, 5.74) is 4.44. The molecule has 0 atom stereocenters. The zero-order chi connectivity index (χ0) is 16.2. The molecule has 118 valence electrons. The van der Waals surface area contributed by atoms with Gasteiger partial charge < -0.3 is 5.11 Å². The number of Topliss-reactive ketones (excluding diaryl/α,β-unsaturated/α-hetero) is 2. The predicted octanol–water partition coefficient (Wildman–Crippen LogP) is 3.51. The Hall–Kier alpha value is -2.26. The molecule has 23 heavy (non-hydrogen) atoms. The van der Waals surface area contributed by atoms with Crippen LogP contribution in [0.2, 0.25) is 0 Å². The van der Waals surface area contributed by atoms with Crippen molar-refractivity contribution < 1.29 is 14.7 Å². The third-order valence-electron chi connectivity index (χ3n) is 4.49. The summed E-state index contributed by atoms with van der Waals surface area (Å²) >= 11 is 0. The summed E-state index contributed by atoms with van der Waals surface area (Å²) < 4.78 is 0. The van der Waals surface area contributed by atoms with Crippen molar-refractivity contribution >= 4 is 11.6 Å². The molecule has 0 fully saturated rings. The van der Waals surface area contributed by atoms with Gasteiger partial charge in [-0.1, -0.05) is 36.4 Å². The van der Waals surface area contributed by atoms with E-state index >= 15 is 0 Å². The molecule has 0 bridgehead atoms. The van der Waals surface area contributed by atoms with Gasteiger partial charge in [0.1, 0.15) is 0 Å². The Kier molecular flexibility index (Phi) is 4.68. The smallest absolute Gasteiger partial charge is 0.163 e. The summed E-state index contributed by atoms with van der Waals surface area (Å²) in [6.07, 6.45) is 3.67. The highest BCUT2D eigenvalue weighted by Gasteiger charge is 2.16. The summed E-state index contributed by atoms with van der Waals surface area (Å²) in [7, 11) is 0. The minimum Gasteiger partial charge on any atom is -0.392 e. The van der Waals surface area contributed by atoms with Crippen LogP contribution in [-0.2, 0) is 19.4 Å². The Morgan fingerprint density at radius 1 is 0.913 bits per heavy atom. The topological polar surface area (TPSA) is 54.4 Å². The van der Waals surface area contributed by atoms with Crippen LogP contribution in [0.5, 0.6) is 0 Å². The van der Waals surface area contributed by atoms with E-state index in [1.807, 2.05) is 18.2 Å². The molecular formula is C20H20O3. The number of aliphatic hydroxyl groups excluding tert-OH is 1. The van der Waals surface area contributed by atoms with Crippen molar-refractivity contribution in [2.75, 3.05) is 0 Å². The molecular weight excluding hydrogens is 288 g/mol. The molecule has 0 aromatic heterocycles. The van der Waals surface area contributed by atoms with Gasteiger partial charge in [0.2, 0.25) is 0 Å². The lowest BCUT2D eigenvalue weighted by molar-refractivity contribution is 0.0916. The molecule has 0 heterocycles. The fraction of sp³-hybridized carbons (Fsp3) is 0.300. The number of hydrogen-bond acceptors (Lipinski definition) is 3. The molecule has 0 radical (unpaired) electrons. The summed E-state index contributed by atoms with van der Waals surface area (Å²) in [5.74, 6) is -0.0845. The van der Waals surface area contributed by atoms with Crippen LogP contribution >= 0.6 is 0 Å². The third kappa shape index (κ3) is 3.40. The van der Waals surface area contributed by atoms with E-state index in [4.69, 9.17) is 0 Å².